The van der Waals surface area contributed by atoms with Gasteiger partial charge in [0.25, 0.3) is 5.91 Å². The third kappa shape index (κ3) is 4.13. The lowest BCUT2D eigenvalue weighted by molar-refractivity contribution is -0.131. The van der Waals surface area contributed by atoms with Crippen LogP contribution in [0.15, 0.2) is 54.6 Å². The molecule has 1 atom stereocenters. The zero-order valence-electron chi connectivity index (χ0n) is 16.5. The van der Waals surface area contributed by atoms with Crippen molar-refractivity contribution < 1.29 is 24.2 Å². The molecule has 6 heteroatoms. The van der Waals surface area contributed by atoms with E-state index in [1.54, 1.807) is 18.2 Å². The Bertz CT molecular complexity index is 1010. The number of carbonyl (C=O) groups is 3. The first-order valence-electron chi connectivity index (χ1n) is 10.1. The van der Waals surface area contributed by atoms with Gasteiger partial charge in [-0.3, -0.25) is 9.59 Å². The van der Waals surface area contributed by atoms with E-state index in [0.29, 0.717) is 48.4 Å². The Kier molecular flexibility index (Phi) is 5.40. The molecule has 2 aliphatic heterocycles. The van der Waals surface area contributed by atoms with E-state index in [9.17, 15) is 14.4 Å². The van der Waals surface area contributed by atoms with E-state index in [1.165, 1.54) is 6.08 Å². The minimum Gasteiger partial charge on any atom is -0.486 e. The molecule has 154 valence electrons. The number of nitrogens with zero attached hydrogens (tertiary/aromatic N) is 1. The molecule has 0 aromatic heterocycles. The summed E-state index contributed by atoms with van der Waals surface area (Å²) in [5.41, 5.74) is 1.19. The molecule has 0 saturated carbocycles. The lowest BCUT2D eigenvalue weighted by atomic mass is 9.84. The molecule has 2 heterocycles. The summed E-state index contributed by atoms with van der Waals surface area (Å²) >= 11 is 0. The normalized spacial score (nSPS) is 21.2. The number of fused-ring (bicyclic) bond motifs is 1. The zero-order valence-corrected chi connectivity index (χ0v) is 16.5. The summed E-state index contributed by atoms with van der Waals surface area (Å²) in [5, 5.41) is 8.78. The van der Waals surface area contributed by atoms with Gasteiger partial charge in [-0.05, 0) is 48.7 Å². The number of hydrogen-bond acceptors (Lipinski definition) is 4. The summed E-state index contributed by atoms with van der Waals surface area (Å²) in [6.45, 7) is 1.18. The Morgan fingerprint density at radius 3 is 2.63 bits per heavy atom. The summed E-state index contributed by atoms with van der Waals surface area (Å²) in [6, 6.07) is 14.4. The van der Waals surface area contributed by atoms with Crippen LogP contribution in [0.4, 0.5) is 0 Å². The summed E-state index contributed by atoms with van der Waals surface area (Å²) in [5.74, 6) is -0.515. The second-order valence-electron chi connectivity index (χ2n) is 7.82. The van der Waals surface area contributed by atoms with Crippen LogP contribution in [0.5, 0.6) is 5.75 Å². The molecule has 4 rings (SSSR count). The maximum atomic E-state index is 12.9. The number of carbonyl (C=O) groups excluding carboxylic acids is 2. The second kappa shape index (κ2) is 8.14. The van der Waals surface area contributed by atoms with E-state index in [-0.39, 0.29) is 18.1 Å². The first-order valence-corrected chi connectivity index (χ1v) is 10.1. The minimum atomic E-state index is -1.04. The topological polar surface area (TPSA) is 83.9 Å². The van der Waals surface area contributed by atoms with Crippen LogP contribution in [0.2, 0.25) is 0 Å². The molecule has 1 saturated heterocycles. The number of likely N-dealkylation sites (tertiary alicyclic amines) is 1. The quantitative estimate of drug-likeness (QED) is 0.785. The van der Waals surface area contributed by atoms with Gasteiger partial charge in [0.15, 0.2) is 5.78 Å². The Morgan fingerprint density at radius 1 is 1.07 bits per heavy atom. The molecule has 1 spiro atoms. The van der Waals surface area contributed by atoms with Crippen LogP contribution in [0.3, 0.4) is 0 Å². The fourth-order valence-corrected chi connectivity index (χ4v) is 4.20. The van der Waals surface area contributed by atoms with Crippen molar-refractivity contribution in [1.82, 2.24) is 4.90 Å². The fraction of sp³-hybridized carbons (Fsp3) is 0.292. The number of Topliss-reactive ketones (excluding diaryl/α,β-unsaturated/α-hetero) is 1. The van der Waals surface area contributed by atoms with Gasteiger partial charge in [0.1, 0.15) is 11.4 Å². The lowest BCUT2D eigenvalue weighted by Crippen LogP contribution is -2.43. The molecule has 2 aromatic carbocycles. The smallest absolute Gasteiger partial charge is 0.328 e. The van der Waals surface area contributed by atoms with Gasteiger partial charge in [0.2, 0.25) is 0 Å². The van der Waals surface area contributed by atoms with Crippen LogP contribution < -0.4 is 4.74 Å². The van der Waals surface area contributed by atoms with Crippen LogP contribution >= 0.6 is 0 Å². The standard InChI is InChI=1S/C24H23NO5/c26-20-16-24(30-21-9-7-17(15-19(20)21)8-10-22(27)28)11-4-13-25(14-12-24)23(29)18-5-2-1-3-6-18/h1-3,5-10,15H,4,11-14,16H2,(H,27,28)/b10-8+. The monoisotopic (exact) mass is 405 g/mol. The summed E-state index contributed by atoms with van der Waals surface area (Å²) in [4.78, 5) is 38.3. The highest BCUT2D eigenvalue weighted by molar-refractivity contribution is 6.01. The van der Waals surface area contributed by atoms with E-state index < -0.39 is 11.6 Å². The molecule has 0 radical (unpaired) electrons. The van der Waals surface area contributed by atoms with Crippen LogP contribution in [0, 0.1) is 0 Å². The third-order valence-corrected chi connectivity index (χ3v) is 5.74. The first-order chi connectivity index (χ1) is 14.5. The number of carboxylic acid groups (broad SMARTS) is 1. The van der Waals surface area contributed by atoms with Crippen LogP contribution in [0.25, 0.3) is 6.08 Å². The van der Waals surface area contributed by atoms with Crippen molar-refractivity contribution in [3.63, 3.8) is 0 Å². The van der Waals surface area contributed by atoms with Gasteiger partial charge >= 0.3 is 5.97 Å². The van der Waals surface area contributed by atoms with E-state index in [0.717, 1.165) is 12.5 Å². The largest absolute Gasteiger partial charge is 0.486 e. The van der Waals surface area contributed by atoms with E-state index in [4.69, 9.17) is 9.84 Å². The molecule has 1 fully saturated rings. The Labute approximate surface area is 174 Å². The molecule has 1 N–H and O–H groups in total. The molecular weight excluding hydrogens is 382 g/mol. The predicted molar refractivity (Wildman–Crippen MR) is 112 cm³/mol. The Morgan fingerprint density at radius 2 is 1.87 bits per heavy atom. The number of hydrogen-bond donors (Lipinski definition) is 1. The van der Waals surface area contributed by atoms with E-state index in [2.05, 4.69) is 0 Å². The van der Waals surface area contributed by atoms with Gasteiger partial charge in [-0.2, -0.15) is 0 Å². The number of ether oxygens (including phenoxy) is 1. The molecule has 2 aliphatic rings. The summed E-state index contributed by atoms with van der Waals surface area (Å²) < 4.78 is 6.33. The van der Waals surface area contributed by atoms with Crippen molar-refractivity contribution >= 4 is 23.7 Å². The molecule has 2 aromatic rings. The van der Waals surface area contributed by atoms with Gasteiger partial charge in [0, 0.05) is 31.1 Å². The van der Waals surface area contributed by atoms with Gasteiger partial charge in [-0.15, -0.1) is 0 Å². The van der Waals surface area contributed by atoms with Crippen molar-refractivity contribution in [1.29, 1.82) is 0 Å². The van der Waals surface area contributed by atoms with Crippen LogP contribution in [0.1, 0.15) is 52.0 Å². The van der Waals surface area contributed by atoms with E-state index in [1.807, 2.05) is 35.2 Å². The number of rotatable bonds is 3. The zero-order chi connectivity index (χ0) is 21.1. The molecule has 6 nitrogen and oxygen atoms in total. The van der Waals surface area contributed by atoms with Gasteiger partial charge in [-0.1, -0.05) is 24.3 Å². The van der Waals surface area contributed by atoms with Crippen LogP contribution in [-0.4, -0.2) is 46.4 Å². The molecule has 0 bridgehead atoms. The molecule has 1 amide bonds. The van der Waals surface area contributed by atoms with Gasteiger partial charge < -0.3 is 14.7 Å². The third-order valence-electron chi connectivity index (χ3n) is 5.74. The second-order valence-corrected chi connectivity index (χ2v) is 7.82. The highest BCUT2D eigenvalue weighted by Crippen LogP contribution is 2.40. The number of ketones is 1. The first kappa shape index (κ1) is 19.9. The minimum absolute atomic E-state index is 0.00467. The maximum Gasteiger partial charge on any atom is 0.328 e. The fourth-order valence-electron chi connectivity index (χ4n) is 4.20. The maximum absolute atomic E-state index is 12.9. The summed E-state index contributed by atoms with van der Waals surface area (Å²) in [6.07, 6.45) is 4.83. The van der Waals surface area contributed by atoms with Gasteiger partial charge in [-0.25, -0.2) is 4.79 Å². The van der Waals surface area contributed by atoms with Crippen molar-refractivity contribution in [2.45, 2.75) is 31.3 Å². The van der Waals surface area contributed by atoms with Crippen molar-refractivity contribution in [3.8, 4) is 5.75 Å². The lowest BCUT2D eigenvalue weighted by Gasteiger charge is -2.37. The Balaban J connectivity index is 1.51. The Hall–Kier alpha value is -3.41. The molecular formula is C24H23NO5. The highest BCUT2D eigenvalue weighted by atomic mass is 16.5. The van der Waals surface area contributed by atoms with Crippen molar-refractivity contribution in [3.05, 3.63) is 71.3 Å². The highest BCUT2D eigenvalue weighted by Gasteiger charge is 2.42. The predicted octanol–water partition coefficient (Wildman–Crippen LogP) is 3.81. The van der Waals surface area contributed by atoms with Gasteiger partial charge in [0.05, 0.1) is 12.0 Å². The van der Waals surface area contributed by atoms with Crippen LogP contribution in [-0.2, 0) is 4.79 Å². The number of amides is 1. The number of benzene rings is 2. The van der Waals surface area contributed by atoms with E-state index >= 15 is 0 Å². The number of carboxylic acids is 1. The SMILES string of the molecule is O=C(O)/C=C/c1ccc2c(c1)C(=O)CC1(CCCN(C(=O)c3ccccc3)CC1)O2. The molecule has 0 aliphatic carbocycles. The number of aliphatic carboxylic acids is 1. The average molecular weight is 405 g/mol. The summed E-state index contributed by atoms with van der Waals surface area (Å²) in [7, 11) is 0. The molecule has 1 unspecified atom stereocenters. The molecule has 30 heavy (non-hydrogen) atoms. The average Bonchev–Trinajstić information content (AvgIpc) is 2.95. The van der Waals surface area contributed by atoms with Crippen molar-refractivity contribution in [2.24, 2.45) is 0 Å². The van der Waals surface area contributed by atoms with Crippen molar-refractivity contribution in [2.75, 3.05) is 13.1 Å².